The topological polar surface area (TPSA) is 45.1 Å². The molecule has 0 fully saturated rings. The summed E-state index contributed by atoms with van der Waals surface area (Å²) in [5.41, 5.74) is 0.823. The van der Waals surface area contributed by atoms with E-state index in [1.165, 1.54) is 0 Å². The van der Waals surface area contributed by atoms with Crippen LogP contribution >= 0.6 is 11.6 Å². The van der Waals surface area contributed by atoms with Crippen molar-refractivity contribution in [3.05, 3.63) is 53.2 Å². The zero-order chi connectivity index (χ0) is 11.4. The second-order valence-corrected chi connectivity index (χ2v) is 3.72. The lowest BCUT2D eigenvalue weighted by Gasteiger charge is -2.07. The van der Waals surface area contributed by atoms with Gasteiger partial charge >= 0.3 is 0 Å². The maximum Gasteiger partial charge on any atom is 0.131 e. The number of benzene rings is 1. The van der Waals surface area contributed by atoms with Crippen LogP contribution in [-0.4, -0.2) is 10.1 Å². The lowest BCUT2D eigenvalue weighted by atomic mass is 10.2. The Bertz CT molecular complexity index is 488. The van der Waals surface area contributed by atoms with Gasteiger partial charge in [-0.2, -0.15) is 0 Å². The Hall–Kier alpha value is -1.74. The summed E-state index contributed by atoms with van der Waals surface area (Å²) in [6.45, 7) is 0.514. The van der Waals surface area contributed by atoms with E-state index in [1.807, 2.05) is 24.3 Å². The van der Waals surface area contributed by atoms with E-state index in [1.54, 1.807) is 18.2 Å². The fraction of sp³-hybridized carbons (Fsp3) is 0.0833. The molecule has 16 heavy (non-hydrogen) atoms. The van der Waals surface area contributed by atoms with E-state index in [2.05, 4.69) is 10.3 Å². The van der Waals surface area contributed by atoms with Crippen molar-refractivity contribution in [2.24, 2.45) is 0 Å². The van der Waals surface area contributed by atoms with Crippen molar-refractivity contribution in [3.8, 4) is 5.75 Å². The maximum atomic E-state index is 9.56. The summed E-state index contributed by atoms with van der Waals surface area (Å²) in [5.74, 6) is 0.966. The zero-order valence-corrected chi connectivity index (χ0v) is 9.28. The molecule has 2 N–H and O–H groups in total. The molecule has 2 rings (SSSR count). The monoisotopic (exact) mass is 234 g/mol. The van der Waals surface area contributed by atoms with Crippen LogP contribution in [0, 0.1) is 0 Å². The number of hydrogen-bond acceptors (Lipinski definition) is 3. The van der Waals surface area contributed by atoms with Crippen LogP contribution in [-0.2, 0) is 6.54 Å². The number of pyridine rings is 1. The molecule has 0 atom stereocenters. The van der Waals surface area contributed by atoms with Crippen LogP contribution in [0.1, 0.15) is 5.56 Å². The molecule has 0 aliphatic carbocycles. The molecule has 0 spiro atoms. The zero-order valence-electron chi connectivity index (χ0n) is 8.52. The normalized spacial score (nSPS) is 10.1. The molecule has 1 heterocycles. The third-order valence-corrected chi connectivity index (χ3v) is 2.38. The van der Waals surface area contributed by atoms with Crippen molar-refractivity contribution >= 4 is 17.4 Å². The molecule has 0 aliphatic heterocycles. The molecule has 0 saturated carbocycles. The molecule has 0 amide bonds. The second kappa shape index (κ2) is 4.86. The van der Waals surface area contributed by atoms with Gasteiger partial charge in [-0.05, 0) is 18.2 Å². The van der Waals surface area contributed by atoms with Crippen LogP contribution in [0.2, 0.25) is 5.15 Å². The van der Waals surface area contributed by atoms with Crippen LogP contribution in [0.25, 0.3) is 0 Å². The molecule has 0 saturated heterocycles. The molecular weight excluding hydrogens is 224 g/mol. The molecule has 0 unspecified atom stereocenters. The van der Waals surface area contributed by atoms with E-state index < -0.39 is 0 Å². The van der Waals surface area contributed by atoms with Crippen LogP contribution < -0.4 is 5.32 Å². The van der Waals surface area contributed by atoms with E-state index in [9.17, 15) is 5.11 Å². The molecule has 1 aromatic heterocycles. The average Bonchev–Trinajstić information content (AvgIpc) is 2.28. The standard InChI is InChI=1S/C12H11ClN2O/c13-11-6-3-7-12(15-11)14-8-9-4-1-2-5-10(9)16/h1-7,16H,8H2,(H,14,15). The summed E-state index contributed by atoms with van der Waals surface area (Å²) >= 11 is 5.76. The van der Waals surface area contributed by atoms with Crippen molar-refractivity contribution in [1.82, 2.24) is 4.98 Å². The summed E-state index contributed by atoms with van der Waals surface area (Å²) < 4.78 is 0. The average molecular weight is 235 g/mol. The van der Waals surface area contributed by atoms with Crippen LogP contribution in [0.4, 0.5) is 5.82 Å². The van der Waals surface area contributed by atoms with Gasteiger partial charge in [0.25, 0.3) is 0 Å². The highest BCUT2D eigenvalue weighted by atomic mass is 35.5. The Morgan fingerprint density at radius 2 is 1.94 bits per heavy atom. The minimum absolute atomic E-state index is 0.275. The smallest absolute Gasteiger partial charge is 0.131 e. The van der Waals surface area contributed by atoms with Gasteiger partial charge in [0, 0.05) is 12.1 Å². The quantitative estimate of drug-likeness (QED) is 0.803. The predicted octanol–water partition coefficient (Wildman–Crippen LogP) is 3.05. The summed E-state index contributed by atoms with van der Waals surface area (Å²) in [6, 6.07) is 12.5. The van der Waals surface area contributed by atoms with E-state index in [4.69, 9.17) is 11.6 Å². The predicted molar refractivity (Wildman–Crippen MR) is 64.7 cm³/mol. The van der Waals surface area contributed by atoms with Gasteiger partial charge in [0.1, 0.15) is 16.7 Å². The van der Waals surface area contributed by atoms with E-state index in [-0.39, 0.29) is 5.75 Å². The lowest BCUT2D eigenvalue weighted by Crippen LogP contribution is -2.01. The van der Waals surface area contributed by atoms with Gasteiger partial charge in [-0.1, -0.05) is 35.9 Å². The number of nitrogens with zero attached hydrogens (tertiary/aromatic N) is 1. The van der Waals surface area contributed by atoms with E-state index in [0.717, 1.165) is 5.56 Å². The summed E-state index contributed by atoms with van der Waals surface area (Å²) in [6.07, 6.45) is 0. The number of para-hydroxylation sites is 1. The first-order valence-corrected chi connectivity index (χ1v) is 5.27. The molecular formula is C12H11ClN2O. The number of anilines is 1. The van der Waals surface area contributed by atoms with E-state index in [0.29, 0.717) is 17.5 Å². The fourth-order valence-corrected chi connectivity index (χ4v) is 1.52. The van der Waals surface area contributed by atoms with Gasteiger partial charge in [-0.25, -0.2) is 4.98 Å². The Morgan fingerprint density at radius 1 is 1.12 bits per heavy atom. The third-order valence-electron chi connectivity index (χ3n) is 2.17. The molecule has 0 radical (unpaired) electrons. The Balaban J connectivity index is 2.05. The molecule has 1 aromatic carbocycles. The summed E-state index contributed by atoms with van der Waals surface area (Å²) in [4.78, 5) is 4.09. The van der Waals surface area contributed by atoms with Crippen molar-refractivity contribution < 1.29 is 5.11 Å². The minimum Gasteiger partial charge on any atom is -0.508 e. The maximum absolute atomic E-state index is 9.56. The number of rotatable bonds is 3. The van der Waals surface area contributed by atoms with Gasteiger partial charge in [-0.15, -0.1) is 0 Å². The number of phenols is 1. The van der Waals surface area contributed by atoms with E-state index >= 15 is 0 Å². The number of phenolic OH excluding ortho intramolecular Hbond substituents is 1. The molecule has 0 bridgehead atoms. The highest BCUT2D eigenvalue weighted by Gasteiger charge is 2.00. The van der Waals surface area contributed by atoms with Crippen molar-refractivity contribution in [1.29, 1.82) is 0 Å². The van der Waals surface area contributed by atoms with Crippen molar-refractivity contribution in [3.63, 3.8) is 0 Å². The molecule has 4 heteroatoms. The fourth-order valence-electron chi connectivity index (χ4n) is 1.35. The highest BCUT2D eigenvalue weighted by Crippen LogP contribution is 2.17. The minimum atomic E-state index is 0.275. The van der Waals surface area contributed by atoms with Gasteiger partial charge in [0.15, 0.2) is 0 Å². The third kappa shape index (κ3) is 2.64. The largest absolute Gasteiger partial charge is 0.508 e. The van der Waals surface area contributed by atoms with Crippen LogP contribution in [0.5, 0.6) is 5.75 Å². The molecule has 2 aromatic rings. The van der Waals surface area contributed by atoms with Crippen molar-refractivity contribution in [2.45, 2.75) is 6.54 Å². The Kier molecular flexibility index (Phi) is 3.27. The van der Waals surface area contributed by atoms with Crippen molar-refractivity contribution in [2.75, 3.05) is 5.32 Å². The van der Waals surface area contributed by atoms with Gasteiger partial charge in [0.2, 0.25) is 0 Å². The summed E-state index contributed by atoms with van der Waals surface area (Å²) in [7, 11) is 0. The first-order valence-electron chi connectivity index (χ1n) is 4.89. The first kappa shape index (κ1) is 10.8. The molecule has 82 valence electrons. The number of nitrogens with one attached hydrogen (secondary N) is 1. The SMILES string of the molecule is Oc1ccccc1CNc1cccc(Cl)n1. The van der Waals surface area contributed by atoms with Gasteiger partial charge in [0.05, 0.1) is 0 Å². The Morgan fingerprint density at radius 3 is 2.69 bits per heavy atom. The summed E-state index contributed by atoms with van der Waals surface area (Å²) in [5, 5.41) is 13.1. The number of hydrogen-bond donors (Lipinski definition) is 2. The number of halogens is 1. The van der Waals surface area contributed by atoms with Crippen LogP contribution in [0.3, 0.4) is 0 Å². The highest BCUT2D eigenvalue weighted by molar-refractivity contribution is 6.29. The second-order valence-electron chi connectivity index (χ2n) is 3.33. The lowest BCUT2D eigenvalue weighted by molar-refractivity contribution is 0.469. The van der Waals surface area contributed by atoms with Gasteiger partial charge in [-0.3, -0.25) is 0 Å². The number of aromatic nitrogens is 1. The number of aromatic hydroxyl groups is 1. The molecule has 0 aliphatic rings. The van der Waals surface area contributed by atoms with Crippen LogP contribution in [0.15, 0.2) is 42.5 Å². The van der Waals surface area contributed by atoms with Gasteiger partial charge < -0.3 is 10.4 Å². The molecule has 3 nitrogen and oxygen atoms in total. The Labute approximate surface area is 98.7 Å². The first-order chi connectivity index (χ1) is 7.75.